The van der Waals surface area contributed by atoms with E-state index in [4.69, 9.17) is 14.6 Å². The zero-order valence-electron chi connectivity index (χ0n) is 7.42. The van der Waals surface area contributed by atoms with Gasteiger partial charge in [-0.1, -0.05) is 13.3 Å². The van der Waals surface area contributed by atoms with Crippen LogP contribution in [0.3, 0.4) is 0 Å². The van der Waals surface area contributed by atoms with Crippen LogP contribution in [0.25, 0.3) is 0 Å². The first-order chi connectivity index (χ1) is 5.59. The fourth-order valence-electron chi connectivity index (χ4n) is 1.40. The minimum atomic E-state index is -2.02. The number of alkyl halides is 1. The van der Waals surface area contributed by atoms with Crippen LogP contribution in [0.1, 0.15) is 26.7 Å². The number of rotatable bonds is 3. The van der Waals surface area contributed by atoms with Crippen molar-refractivity contribution in [3.63, 3.8) is 0 Å². The zero-order chi connectivity index (χ0) is 9.19. The van der Waals surface area contributed by atoms with Crippen molar-refractivity contribution in [2.24, 2.45) is 0 Å². The second kappa shape index (κ2) is 3.68. The fourth-order valence-corrected chi connectivity index (χ4v) is 1.40. The average Bonchev–Trinajstić information content (AvgIpc) is 2.26. The molecule has 0 aromatic rings. The Morgan fingerprint density at radius 3 is 2.50 bits per heavy atom. The highest BCUT2D eigenvalue weighted by Gasteiger charge is 2.43. The number of aliphatic hydroxyl groups excluding tert-OH is 1. The first kappa shape index (κ1) is 9.89. The molecule has 0 aromatic carbocycles. The summed E-state index contributed by atoms with van der Waals surface area (Å²) in [6.07, 6.45) is 0.778. The van der Waals surface area contributed by atoms with Gasteiger partial charge in [-0.25, -0.2) is 0 Å². The molecule has 0 aromatic heterocycles. The van der Waals surface area contributed by atoms with Crippen LogP contribution in [0.15, 0.2) is 0 Å². The largest absolute Gasteiger partial charge is 0.394 e. The Morgan fingerprint density at radius 1 is 1.42 bits per heavy atom. The molecule has 1 N–H and O–H groups in total. The summed E-state index contributed by atoms with van der Waals surface area (Å²) in [6.45, 7) is 3.00. The van der Waals surface area contributed by atoms with Crippen LogP contribution in [0.4, 0.5) is 4.39 Å². The van der Waals surface area contributed by atoms with Crippen molar-refractivity contribution < 1.29 is 19.0 Å². The van der Waals surface area contributed by atoms with Gasteiger partial charge >= 0.3 is 6.04 Å². The Morgan fingerprint density at radius 2 is 2.00 bits per heavy atom. The molecule has 4 heteroatoms. The second-order valence-corrected chi connectivity index (χ2v) is 3.12. The van der Waals surface area contributed by atoms with Gasteiger partial charge in [0.15, 0.2) is 0 Å². The van der Waals surface area contributed by atoms with Crippen molar-refractivity contribution in [1.82, 2.24) is 0 Å². The highest BCUT2D eigenvalue weighted by molar-refractivity contribution is 4.77. The quantitative estimate of drug-likeness (QED) is 0.705. The molecule has 3 unspecified atom stereocenters. The molecule has 3 atom stereocenters. The standard InChI is InChI=1S/C8H15FO3/c1-3-4-6-7(5-10)12-8(2,9)11-6/h6-7,10H,3-5H2,1-2H3. The molecule has 1 heterocycles. The van der Waals surface area contributed by atoms with Gasteiger partial charge < -0.3 is 14.6 Å². The molecular weight excluding hydrogens is 163 g/mol. The Kier molecular flexibility index (Phi) is 3.04. The third-order valence-corrected chi connectivity index (χ3v) is 1.89. The molecule has 12 heavy (non-hydrogen) atoms. The third-order valence-electron chi connectivity index (χ3n) is 1.89. The van der Waals surface area contributed by atoms with Gasteiger partial charge in [-0.15, -0.1) is 0 Å². The SMILES string of the molecule is CCCC1OC(C)(F)OC1CO. The Bertz CT molecular complexity index is 149. The van der Waals surface area contributed by atoms with Gasteiger partial charge in [0, 0.05) is 6.92 Å². The van der Waals surface area contributed by atoms with Crippen molar-refractivity contribution >= 4 is 0 Å². The Hall–Kier alpha value is -0.190. The van der Waals surface area contributed by atoms with E-state index in [0.717, 1.165) is 6.42 Å². The van der Waals surface area contributed by atoms with Crippen LogP contribution >= 0.6 is 0 Å². The van der Waals surface area contributed by atoms with Crippen molar-refractivity contribution in [1.29, 1.82) is 0 Å². The van der Waals surface area contributed by atoms with Crippen LogP contribution in [0.5, 0.6) is 0 Å². The molecule has 0 aliphatic carbocycles. The number of hydrogen-bond acceptors (Lipinski definition) is 3. The van der Waals surface area contributed by atoms with E-state index in [9.17, 15) is 4.39 Å². The summed E-state index contributed by atoms with van der Waals surface area (Å²) >= 11 is 0. The van der Waals surface area contributed by atoms with Crippen LogP contribution < -0.4 is 0 Å². The van der Waals surface area contributed by atoms with Gasteiger partial charge in [0.25, 0.3) is 0 Å². The summed E-state index contributed by atoms with van der Waals surface area (Å²) in [5, 5.41) is 8.82. The van der Waals surface area contributed by atoms with Gasteiger partial charge in [0.1, 0.15) is 6.10 Å². The van der Waals surface area contributed by atoms with Crippen LogP contribution in [-0.2, 0) is 9.47 Å². The third kappa shape index (κ3) is 2.15. The van der Waals surface area contributed by atoms with Crippen molar-refractivity contribution in [2.45, 2.75) is 44.9 Å². The normalized spacial score (nSPS) is 42.0. The predicted octanol–water partition coefficient (Wildman–Crippen LogP) is 1.21. The Labute approximate surface area is 71.5 Å². The smallest absolute Gasteiger partial charge is 0.318 e. The fraction of sp³-hybridized carbons (Fsp3) is 1.00. The minimum absolute atomic E-state index is 0.190. The van der Waals surface area contributed by atoms with E-state index in [0.29, 0.717) is 6.42 Å². The zero-order valence-corrected chi connectivity index (χ0v) is 7.42. The van der Waals surface area contributed by atoms with Gasteiger partial charge in [-0.2, -0.15) is 4.39 Å². The van der Waals surface area contributed by atoms with E-state index < -0.39 is 12.1 Å². The molecule has 1 fully saturated rings. The van der Waals surface area contributed by atoms with Gasteiger partial charge in [-0.05, 0) is 6.42 Å². The highest BCUT2D eigenvalue weighted by Crippen LogP contribution is 2.31. The van der Waals surface area contributed by atoms with E-state index in [2.05, 4.69) is 0 Å². The van der Waals surface area contributed by atoms with Crippen molar-refractivity contribution in [3.8, 4) is 0 Å². The topological polar surface area (TPSA) is 38.7 Å². The Balaban J connectivity index is 2.50. The molecule has 1 saturated heterocycles. The van der Waals surface area contributed by atoms with Crippen LogP contribution in [0.2, 0.25) is 0 Å². The summed E-state index contributed by atoms with van der Waals surface area (Å²) in [6, 6.07) is -2.02. The maximum atomic E-state index is 13.1. The van der Waals surface area contributed by atoms with E-state index in [1.54, 1.807) is 0 Å². The van der Waals surface area contributed by atoms with Gasteiger partial charge in [0.2, 0.25) is 0 Å². The monoisotopic (exact) mass is 178 g/mol. The highest BCUT2D eigenvalue weighted by atomic mass is 19.2. The van der Waals surface area contributed by atoms with E-state index >= 15 is 0 Å². The first-order valence-electron chi connectivity index (χ1n) is 4.24. The lowest BCUT2D eigenvalue weighted by molar-refractivity contribution is -0.254. The first-order valence-corrected chi connectivity index (χ1v) is 4.24. The van der Waals surface area contributed by atoms with E-state index in [1.807, 2.05) is 6.92 Å². The number of aliphatic hydroxyl groups is 1. The molecule has 1 rings (SSSR count). The lowest BCUT2D eigenvalue weighted by atomic mass is 10.1. The van der Waals surface area contributed by atoms with Crippen molar-refractivity contribution in [3.05, 3.63) is 0 Å². The lowest BCUT2D eigenvalue weighted by Crippen LogP contribution is -2.25. The van der Waals surface area contributed by atoms with Crippen LogP contribution in [0, 0.1) is 0 Å². The molecule has 0 amide bonds. The van der Waals surface area contributed by atoms with Gasteiger partial charge in [-0.3, -0.25) is 0 Å². The maximum absolute atomic E-state index is 13.1. The molecular formula is C8H15FO3. The number of hydrogen-bond donors (Lipinski definition) is 1. The molecule has 1 aliphatic rings. The summed E-state index contributed by atoms with van der Waals surface area (Å²) in [7, 11) is 0. The van der Waals surface area contributed by atoms with Gasteiger partial charge in [0.05, 0.1) is 12.7 Å². The average molecular weight is 178 g/mol. The molecule has 0 bridgehead atoms. The lowest BCUT2D eigenvalue weighted by Gasteiger charge is -2.12. The van der Waals surface area contributed by atoms with Crippen LogP contribution in [-0.4, -0.2) is 30.0 Å². The summed E-state index contributed by atoms with van der Waals surface area (Å²) in [5.41, 5.74) is 0. The predicted molar refractivity (Wildman–Crippen MR) is 41.3 cm³/mol. The molecule has 0 radical (unpaired) electrons. The van der Waals surface area contributed by atoms with E-state index in [-0.39, 0.29) is 12.7 Å². The second-order valence-electron chi connectivity index (χ2n) is 3.12. The molecule has 0 spiro atoms. The number of ether oxygens (including phenoxy) is 2. The summed E-state index contributed by atoms with van der Waals surface area (Å²) < 4.78 is 22.8. The molecule has 3 nitrogen and oxygen atoms in total. The molecule has 72 valence electrons. The summed E-state index contributed by atoms with van der Waals surface area (Å²) in [4.78, 5) is 0. The maximum Gasteiger partial charge on any atom is 0.318 e. The molecule has 1 aliphatic heterocycles. The van der Waals surface area contributed by atoms with E-state index in [1.165, 1.54) is 6.92 Å². The number of halogens is 1. The molecule has 0 saturated carbocycles. The minimum Gasteiger partial charge on any atom is -0.394 e. The summed E-state index contributed by atoms with van der Waals surface area (Å²) in [5.74, 6) is 0. The van der Waals surface area contributed by atoms with Crippen molar-refractivity contribution in [2.75, 3.05) is 6.61 Å².